The van der Waals surface area contributed by atoms with Crippen molar-refractivity contribution in [3.8, 4) is 0 Å². The Morgan fingerprint density at radius 1 is 1.56 bits per heavy atom. The monoisotopic (exact) mass is 262 g/mol. The van der Waals surface area contributed by atoms with Crippen molar-refractivity contribution in [2.24, 2.45) is 5.73 Å². The molecule has 1 unspecified atom stereocenters. The molecule has 2 N–H and O–H groups in total. The van der Waals surface area contributed by atoms with Gasteiger partial charge in [0.25, 0.3) is 0 Å². The Labute approximate surface area is 102 Å². The smallest absolute Gasteiger partial charge is 0.469 e. The van der Waals surface area contributed by atoms with Gasteiger partial charge < -0.3 is 15.1 Å². The van der Waals surface area contributed by atoms with Crippen LogP contribution in [0.3, 0.4) is 0 Å². The van der Waals surface area contributed by atoms with Crippen LogP contribution in [0.5, 0.6) is 0 Å². The van der Waals surface area contributed by atoms with E-state index in [1.54, 1.807) is 13.0 Å². The number of nitrogens with zero attached hydrogens (tertiary/aromatic N) is 1. The highest BCUT2D eigenvalue weighted by Gasteiger charge is 2.48. The Morgan fingerprint density at radius 3 is 2.72 bits per heavy atom. The summed E-state index contributed by atoms with van der Waals surface area (Å²) in [6.45, 7) is 1.57. The van der Waals surface area contributed by atoms with Crippen LogP contribution in [-0.2, 0) is 10.3 Å². The molecule has 7 heteroatoms. The lowest BCUT2D eigenvalue weighted by Crippen LogP contribution is -2.44. The lowest BCUT2D eigenvalue weighted by molar-refractivity contribution is -0.184. The summed E-state index contributed by atoms with van der Waals surface area (Å²) < 4.78 is 42.0. The maximum absolute atomic E-state index is 12.3. The first-order valence-electron chi connectivity index (χ1n) is 5.43. The molecular weight excluding hydrogens is 249 g/mol. The molecule has 0 spiro atoms. The topological polar surface area (TPSA) is 59.5 Å². The minimum Gasteiger partial charge on any atom is -0.469 e. The molecule has 18 heavy (non-hydrogen) atoms. The van der Waals surface area contributed by atoms with Gasteiger partial charge in [-0.25, -0.2) is 0 Å². The van der Waals surface area contributed by atoms with Gasteiger partial charge in [-0.15, -0.1) is 0 Å². The van der Waals surface area contributed by atoms with Crippen LogP contribution in [0.2, 0.25) is 0 Å². The molecular formula is C11H13F3N2O2. The number of nitrogens with two attached hydrogens (primary N) is 1. The van der Waals surface area contributed by atoms with Gasteiger partial charge in [0.2, 0.25) is 0 Å². The van der Waals surface area contributed by atoms with Crippen molar-refractivity contribution in [3.05, 3.63) is 23.7 Å². The van der Waals surface area contributed by atoms with Crippen LogP contribution in [-0.4, -0.2) is 30.1 Å². The Hall–Kier alpha value is -1.50. The van der Waals surface area contributed by atoms with Crippen LogP contribution in [0.4, 0.5) is 13.2 Å². The maximum Gasteiger partial charge on any atom is 0.471 e. The van der Waals surface area contributed by atoms with E-state index in [1.807, 2.05) is 0 Å². The molecule has 1 fully saturated rings. The largest absolute Gasteiger partial charge is 0.471 e. The van der Waals surface area contributed by atoms with Crippen LogP contribution < -0.4 is 5.73 Å². The summed E-state index contributed by atoms with van der Waals surface area (Å²) in [5.41, 5.74) is 5.71. The first kappa shape index (κ1) is 12.9. The molecule has 0 saturated carbocycles. The lowest BCUT2D eigenvalue weighted by Gasteiger charge is -2.23. The molecule has 0 aromatic carbocycles. The Kier molecular flexibility index (Phi) is 2.89. The van der Waals surface area contributed by atoms with E-state index in [2.05, 4.69) is 0 Å². The molecule has 1 aliphatic heterocycles. The van der Waals surface area contributed by atoms with E-state index in [1.165, 1.54) is 6.26 Å². The quantitative estimate of drug-likeness (QED) is 0.835. The number of furan rings is 1. The number of amides is 1. The van der Waals surface area contributed by atoms with Gasteiger partial charge in [0, 0.05) is 18.7 Å². The van der Waals surface area contributed by atoms with E-state index in [4.69, 9.17) is 10.2 Å². The van der Waals surface area contributed by atoms with E-state index in [-0.39, 0.29) is 19.5 Å². The molecule has 2 heterocycles. The molecule has 1 saturated heterocycles. The van der Waals surface area contributed by atoms with Gasteiger partial charge in [-0.1, -0.05) is 0 Å². The zero-order chi connectivity index (χ0) is 13.6. The summed E-state index contributed by atoms with van der Waals surface area (Å²) >= 11 is 0. The van der Waals surface area contributed by atoms with Crippen molar-refractivity contribution >= 4 is 5.91 Å². The number of likely N-dealkylation sites (tertiary alicyclic amines) is 1. The minimum atomic E-state index is -4.85. The zero-order valence-corrected chi connectivity index (χ0v) is 9.75. The first-order valence-corrected chi connectivity index (χ1v) is 5.43. The summed E-state index contributed by atoms with van der Waals surface area (Å²) in [6, 6.07) is 1.68. The number of rotatable bonds is 1. The van der Waals surface area contributed by atoms with Crippen molar-refractivity contribution in [1.82, 2.24) is 4.90 Å². The molecule has 1 aromatic rings. The van der Waals surface area contributed by atoms with Crippen molar-refractivity contribution < 1.29 is 22.4 Å². The fourth-order valence-corrected chi connectivity index (χ4v) is 2.13. The Balaban J connectivity index is 2.15. The number of aryl methyl sites for hydroxylation is 1. The van der Waals surface area contributed by atoms with Crippen LogP contribution in [0, 0.1) is 6.92 Å². The third-order valence-electron chi connectivity index (χ3n) is 3.14. The summed E-state index contributed by atoms with van der Waals surface area (Å²) in [7, 11) is 0. The predicted molar refractivity (Wildman–Crippen MR) is 56.6 cm³/mol. The van der Waals surface area contributed by atoms with Crippen LogP contribution in [0.15, 0.2) is 16.7 Å². The standard InChI is InChI=1S/C11H13F3N2O2/c1-7-4-8(5-18-7)10(15)2-3-16(6-10)9(17)11(12,13)14/h4-5H,2-3,6,15H2,1H3. The van der Waals surface area contributed by atoms with Crippen molar-refractivity contribution in [1.29, 1.82) is 0 Å². The van der Waals surface area contributed by atoms with Crippen molar-refractivity contribution in [2.75, 3.05) is 13.1 Å². The van der Waals surface area contributed by atoms with Gasteiger partial charge >= 0.3 is 12.1 Å². The van der Waals surface area contributed by atoms with Crippen molar-refractivity contribution in [3.63, 3.8) is 0 Å². The van der Waals surface area contributed by atoms with E-state index in [0.29, 0.717) is 11.3 Å². The normalized spacial score (nSPS) is 24.6. The average Bonchev–Trinajstić information content (AvgIpc) is 2.83. The molecule has 4 nitrogen and oxygen atoms in total. The lowest BCUT2D eigenvalue weighted by atomic mass is 9.92. The summed E-state index contributed by atoms with van der Waals surface area (Å²) in [5, 5.41) is 0. The molecule has 1 amide bonds. The van der Waals surface area contributed by atoms with E-state index in [9.17, 15) is 18.0 Å². The van der Waals surface area contributed by atoms with Gasteiger partial charge in [-0.2, -0.15) is 13.2 Å². The average molecular weight is 262 g/mol. The van der Waals surface area contributed by atoms with Gasteiger partial charge in [-0.3, -0.25) is 4.79 Å². The van der Waals surface area contributed by atoms with Gasteiger partial charge in [0.15, 0.2) is 0 Å². The number of carbonyl (C=O) groups excluding carboxylic acids is 1. The number of hydrogen-bond acceptors (Lipinski definition) is 3. The molecule has 100 valence electrons. The maximum atomic E-state index is 12.3. The van der Waals surface area contributed by atoms with Crippen LogP contribution in [0.25, 0.3) is 0 Å². The Morgan fingerprint density at radius 2 is 2.22 bits per heavy atom. The number of carbonyl (C=O) groups is 1. The molecule has 1 aromatic heterocycles. The molecule has 2 rings (SSSR count). The number of alkyl halides is 3. The first-order chi connectivity index (χ1) is 8.22. The summed E-state index contributed by atoms with van der Waals surface area (Å²) in [4.78, 5) is 11.9. The van der Waals surface area contributed by atoms with Crippen LogP contribution in [0.1, 0.15) is 17.7 Å². The summed E-state index contributed by atoms with van der Waals surface area (Å²) in [6.07, 6.45) is -3.14. The second kappa shape index (κ2) is 4.01. The second-order valence-electron chi connectivity index (χ2n) is 4.58. The Bertz CT molecular complexity index is 469. The third-order valence-corrected chi connectivity index (χ3v) is 3.14. The third kappa shape index (κ3) is 2.22. The molecule has 1 atom stereocenters. The highest BCUT2D eigenvalue weighted by Crippen LogP contribution is 2.32. The van der Waals surface area contributed by atoms with E-state index >= 15 is 0 Å². The fourth-order valence-electron chi connectivity index (χ4n) is 2.13. The number of hydrogen-bond donors (Lipinski definition) is 1. The molecule has 1 aliphatic rings. The molecule has 0 aliphatic carbocycles. The highest BCUT2D eigenvalue weighted by molar-refractivity contribution is 5.82. The highest BCUT2D eigenvalue weighted by atomic mass is 19.4. The predicted octanol–water partition coefficient (Wildman–Crippen LogP) is 1.54. The van der Waals surface area contributed by atoms with E-state index < -0.39 is 17.6 Å². The number of halogens is 3. The zero-order valence-electron chi connectivity index (χ0n) is 9.75. The van der Waals surface area contributed by atoms with Gasteiger partial charge in [-0.05, 0) is 19.4 Å². The molecule has 0 bridgehead atoms. The van der Waals surface area contributed by atoms with E-state index in [0.717, 1.165) is 4.90 Å². The van der Waals surface area contributed by atoms with Crippen molar-refractivity contribution in [2.45, 2.75) is 25.1 Å². The SMILES string of the molecule is Cc1cc(C2(N)CCN(C(=O)C(F)(F)F)C2)co1. The summed E-state index contributed by atoms with van der Waals surface area (Å²) in [5.74, 6) is -1.20. The minimum absolute atomic E-state index is 0.000922. The van der Waals surface area contributed by atoms with Crippen LogP contribution >= 0.6 is 0 Å². The molecule has 0 radical (unpaired) electrons. The van der Waals surface area contributed by atoms with Gasteiger partial charge in [0.05, 0.1) is 11.8 Å². The second-order valence-corrected chi connectivity index (χ2v) is 4.58. The fraction of sp³-hybridized carbons (Fsp3) is 0.545. The van der Waals surface area contributed by atoms with Gasteiger partial charge in [0.1, 0.15) is 5.76 Å².